The Morgan fingerprint density at radius 1 is 1.00 bits per heavy atom. The topological polar surface area (TPSA) is 32.6 Å². The van der Waals surface area contributed by atoms with Crippen LogP contribution in [0.25, 0.3) is 0 Å². The van der Waals surface area contributed by atoms with E-state index >= 15 is 0 Å². The smallest absolute Gasteiger partial charge is 0.0592 e. The van der Waals surface area contributed by atoms with Crippen LogP contribution < -0.4 is 0 Å². The molecule has 3 fully saturated rings. The van der Waals surface area contributed by atoms with Gasteiger partial charge in [0.1, 0.15) is 0 Å². The molecule has 1 aliphatic heterocycles. The molecule has 0 aromatic rings. The van der Waals surface area contributed by atoms with Gasteiger partial charge in [0, 0.05) is 24.1 Å². The molecule has 0 radical (unpaired) electrons. The molecule has 0 spiro atoms. The van der Waals surface area contributed by atoms with Gasteiger partial charge in [-0.15, -0.1) is 0 Å². The number of hydrogen-bond acceptors (Lipinski definition) is 2. The highest BCUT2D eigenvalue weighted by Crippen LogP contribution is 2.65. The van der Waals surface area contributed by atoms with Crippen LogP contribution in [0, 0.1) is 46.3 Å². The summed E-state index contributed by atoms with van der Waals surface area (Å²) in [7, 11) is 0. The van der Waals surface area contributed by atoms with Crippen molar-refractivity contribution >= 4 is 5.71 Å². The van der Waals surface area contributed by atoms with Gasteiger partial charge in [-0.25, -0.2) is 0 Å². The van der Waals surface area contributed by atoms with Crippen molar-refractivity contribution in [3.63, 3.8) is 0 Å². The quantitative estimate of drug-likeness (QED) is 0.573. The van der Waals surface area contributed by atoms with Gasteiger partial charge in [-0.05, 0) is 79.4 Å². The molecular weight excluding hydrogens is 342 g/mol. The normalized spacial score (nSPS) is 46.5. The van der Waals surface area contributed by atoms with Crippen LogP contribution in [0.1, 0.15) is 98.8 Å². The van der Waals surface area contributed by atoms with Crippen molar-refractivity contribution in [3.05, 3.63) is 0 Å². The van der Waals surface area contributed by atoms with Crippen LogP contribution >= 0.6 is 0 Å². The van der Waals surface area contributed by atoms with E-state index in [1.165, 1.54) is 50.7 Å². The minimum atomic E-state index is -0.139. The molecule has 0 bridgehead atoms. The Morgan fingerprint density at radius 3 is 2.54 bits per heavy atom. The molecule has 3 saturated carbocycles. The Bertz CT molecular complexity index is 597. The van der Waals surface area contributed by atoms with Crippen molar-refractivity contribution in [1.29, 1.82) is 0 Å². The van der Waals surface area contributed by atoms with E-state index in [9.17, 15) is 5.11 Å². The van der Waals surface area contributed by atoms with E-state index < -0.39 is 0 Å². The van der Waals surface area contributed by atoms with Crippen LogP contribution in [0.2, 0.25) is 0 Å². The Labute approximate surface area is 174 Å². The summed E-state index contributed by atoms with van der Waals surface area (Å²) >= 11 is 0. The molecule has 0 amide bonds. The number of nitrogens with zero attached hydrogens (tertiary/aromatic N) is 1. The third-order valence-corrected chi connectivity index (χ3v) is 10.0. The van der Waals surface area contributed by atoms with Gasteiger partial charge < -0.3 is 5.11 Å². The van der Waals surface area contributed by atoms with E-state index in [1.807, 2.05) is 0 Å². The molecule has 2 nitrogen and oxygen atoms in total. The van der Waals surface area contributed by atoms with Crippen molar-refractivity contribution in [2.24, 2.45) is 51.3 Å². The Hall–Kier alpha value is -0.370. The standard InChI is InChI=1S/C26H45NO/c1-17(2)7-6-8-18(3)21-9-10-22-20-16-27-24-15-19(28)11-13-26(24,5)23(20)12-14-25(21,22)4/h17-23,28H,6-16H2,1-5H3/t18?,19-,20?,21+,22?,23?,25+,26+/m0/s1. The molecule has 4 aliphatic rings. The fourth-order valence-corrected chi connectivity index (χ4v) is 8.39. The summed E-state index contributed by atoms with van der Waals surface area (Å²) in [4.78, 5) is 5.15. The first-order valence-corrected chi connectivity index (χ1v) is 12.5. The number of hydrogen-bond donors (Lipinski definition) is 1. The molecule has 4 rings (SSSR count). The molecule has 0 aromatic heterocycles. The average molecular weight is 388 g/mol. The van der Waals surface area contributed by atoms with Crippen LogP contribution in [0.5, 0.6) is 0 Å². The van der Waals surface area contributed by atoms with E-state index in [2.05, 4.69) is 34.6 Å². The van der Waals surface area contributed by atoms with E-state index in [4.69, 9.17) is 4.99 Å². The molecule has 4 unspecified atom stereocenters. The monoisotopic (exact) mass is 387 g/mol. The van der Waals surface area contributed by atoms with Gasteiger partial charge in [0.05, 0.1) is 6.10 Å². The fraction of sp³-hybridized carbons (Fsp3) is 0.962. The summed E-state index contributed by atoms with van der Waals surface area (Å²) < 4.78 is 0. The summed E-state index contributed by atoms with van der Waals surface area (Å²) in [6.45, 7) is 13.5. The molecule has 2 heteroatoms. The number of fused-ring (bicyclic) bond motifs is 5. The number of aliphatic imine (C=N–C) groups is 1. The van der Waals surface area contributed by atoms with E-state index in [0.717, 1.165) is 61.3 Å². The third kappa shape index (κ3) is 3.40. The summed E-state index contributed by atoms with van der Waals surface area (Å²) in [6, 6.07) is 0. The minimum absolute atomic E-state index is 0.139. The van der Waals surface area contributed by atoms with E-state index in [0.29, 0.717) is 5.41 Å². The van der Waals surface area contributed by atoms with Crippen molar-refractivity contribution in [3.8, 4) is 0 Å². The summed E-state index contributed by atoms with van der Waals surface area (Å²) in [5.41, 5.74) is 2.20. The first-order valence-electron chi connectivity index (χ1n) is 12.5. The minimum Gasteiger partial charge on any atom is -0.393 e. The predicted molar refractivity (Wildman–Crippen MR) is 119 cm³/mol. The number of aliphatic hydroxyl groups excluding tert-OH is 1. The molecule has 8 atom stereocenters. The van der Waals surface area contributed by atoms with Crippen molar-refractivity contribution in [2.75, 3.05) is 6.54 Å². The SMILES string of the molecule is CC(C)CCCC(C)[C@H]1CCC2C3CN=C4C[C@@H](O)CC[C@]4(C)C3CC[C@@]21C. The lowest BCUT2D eigenvalue weighted by Gasteiger charge is -2.57. The first kappa shape index (κ1) is 20.9. The van der Waals surface area contributed by atoms with Gasteiger partial charge in [-0.3, -0.25) is 4.99 Å². The van der Waals surface area contributed by atoms with Gasteiger partial charge in [0.15, 0.2) is 0 Å². The predicted octanol–water partition coefficient (Wildman–Crippen LogP) is 6.51. The summed E-state index contributed by atoms with van der Waals surface area (Å²) in [5, 5.41) is 10.2. The Balaban J connectivity index is 1.49. The van der Waals surface area contributed by atoms with Gasteiger partial charge in [-0.1, -0.05) is 53.9 Å². The zero-order valence-corrected chi connectivity index (χ0v) is 19.2. The average Bonchev–Trinajstić information content (AvgIpc) is 2.99. The maximum absolute atomic E-state index is 10.2. The molecule has 0 saturated heterocycles. The van der Waals surface area contributed by atoms with Crippen LogP contribution in [0.4, 0.5) is 0 Å². The summed E-state index contributed by atoms with van der Waals surface area (Å²) in [6.07, 6.45) is 12.8. The zero-order valence-electron chi connectivity index (χ0n) is 19.2. The largest absolute Gasteiger partial charge is 0.393 e. The maximum Gasteiger partial charge on any atom is 0.0592 e. The van der Waals surface area contributed by atoms with Gasteiger partial charge in [-0.2, -0.15) is 0 Å². The second-order valence-electron chi connectivity index (χ2n) is 12.0. The third-order valence-electron chi connectivity index (χ3n) is 10.0. The number of rotatable bonds is 5. The van der Waals surface area contributed by atoms with Crippen molar-refractivity contribution in [1.82, 2.24) is 0 Å². The highest BCUT2D eigenvalue weighted by molar-refractivity contribution is 5.92. The molecule has 0 aromatic carbocycles. The first-order chi connectivity index (χ1) is 13.3. The lowest BCUT2D eigenvalue weighted by Crippen LogP contribution is -2.55. The van der Waals surface area contributed by atoms with Crippen molar-refractivity contribution in [2.45, 2.75) is 105 Å². The molecule has 3 aliphatic carbocycles. The summed E-state index contributed by atoms with van der Waals surface area (Å²) in [5.74, 6) is 5.16. The highest BCUT2D eigenvalue weighted by atomic mass is 16.3. The van der Waals surface area contributed by atoms with Gasteiger partial charge in [0.2, 0.25) is 0 Å². The molecule has 1 N–H and O–H groups in total. The molecular formula is C26H45NO. The second kappa shape index (κ2) is 7.71. The fourth-order valence-electron chi connectivity index (χ4n) is 8.39. The Kier molecular flexibility index (Phi) is 5.75. The van der Waals surface area contributed by atoms with Gasteiger partial charge >= 0.3 is 0 Å². The molecule has 28 heavy (non-hydrogen) atoms. The van der Waals surface area contributed by atoms with Gasteiger partial charge in [0.25, 0.3) is 0 Å². The number of aliphatic hydroxyl groups is 1. The van der Waals surface area contributed by atoms with Crippen LogP contribution in [-0.2, 0) is 0 Å². The maximum atomic E-state index is 10.2. The van der Waals surface area contributed by atoms with Crippen molar-refractivity contribution < 1.29 is 5.11 Å². The van der Waals surface area contributed by atoms with Crippen LogP contribution in [0.15, 0.2) is 4.99 Å². The Morgan fingerprint density at radius 2 is 1.79 bits per heavy atom. The molecule has 160 valence electrons. The van der Waals surface area contributed by atoms with E-state index in [-0.39, 0.29) is 11.5 Å². The molecule has 1 heterocycles. The van der Waals surface area contributed by atoms with Crippen LogP contribution in [0.3, 0.4) is 0 Å². The zero-order chi connectivity index (χ0) is 20.1. The lowest BCUT2D eigenvalue weighted by atomic mass is 9.49. The second-order valence-corrected chi connectivity index (χ2v) is 12.0. The van der Waals surface area contributed by atoms with Crippen LogP contribution in [-0.4, -0.2) is 23.5 Å². The lowest BCUT2D eigenvalue weighted by molar-refractivity contribution is -0.0416. The van der Waals surface area contributed by atoms with E-state index in [1.54, 1.807) is 0 Å². The highest BCUT2D eigenvalue weighted by Gasteiger charge is 2.59.